The summed E-state index contributed by atoms with van der Waals surface area (Å²) < 4.78 is 0. The van der Waals surface area contributed by atoms with E-state index in [9.17, 15) is 44.7 Å². The number of halogens is 1. The minimum Gasteiger partial charge on any atom is -0.366 e. The number of fused-ring (bicyclic) bond motifs is 2. The summed E-state index contributed by atoms with van der Waals surface area (Å²) in [6.07, 6.45) is 1.67. The zero-order valence-corrected chi connectivity index (χ0v) is 46.0. The Balaban J connectivity index is 0.000000272. The Kier molecular flexibility index (Phi) is 22.9. The monoisotopic (exact) mass is 1180 g/mol. The number of rotatable bonds is 11. The number of aromatic amines is 1. The molecule has 347 valence electrons. The van der Waals surface area contributed by atoms with Gasteiger partial charge in [0, 0.05) is 140 Å². The number of nitrogens with zero attached hydrogens (tertiary/aromatic N) is 6. The summed E-state index contributed by atoms with van der Waals surface area (Å²) in [7, 11) is 0. The maximum Gasteiger partial charge on any atom is 0.270 e. The second kappa shape index (κ2) is 27.2. The van der Waals surface area contributed by atoms with E-state index in [-0.39, 0.29) is 137 Å². The van der Waals surface area contributed by atoms with Crippen molar-refractivity contribution in [3.05, 3.63) is 222 Å². The molecule has 0 aliphatic carbocycles. The molecule has 0 unspecified atom stereocenters. The molecule has 8 rings (SSSR count). The number of anilines is 1. The van der Waals surface area contributed by atoms with E-state index in [1.54, 1.807) is 42.5 Å². The molecule has 22 heteroatoms. The molecule has 0 atom stereocenters. The van der Waals surface area contributed by atoms with E-state index in [0.717, 1.165) is 33.9 Å². The van der Waals surface area contributed by atoms with Crippen molar-refractivity contribution < 1.29 is 122 Å². The normalized spacial score (nSPS) is 10.1. The standard InChI is InChI=1S/C16H10ClN3O2.C16H13N3O4.C16H11N3O3.3Y/c1-2-10-4-3-5-11(8-10)16-18-14-7-6-12(20(21)22)9-13(14)15(17)19-16;1-2-10-4-3-5-11(8-10)16(21)18-14-7-6-12(19(22)23)9-13(14)15(17)20;1-2-10-4-3-5-11(8-10)15-17-14-7-6-12(19(21)22)9-13(14)16(20)18-15;;;/h3,5-9H,1-2H2;3,5-9H,1-2H2,(H2,17,20)(H,18,21);3,5-9H,1-2H2,(H,17,18,20);;;/q3*-2;;;. The number of benzene rings is 6. The molecular weight excluding hydrogens is 1150 g/mol. The van der Waals surface area contributed by atoms with Crippen LogP contribution in [-0.2, 0) is 117 Å². The Morgan fingerprint density at radius 1 is 0.643 bits per heavy atom. The van der Waals surface area contributed by atoms with Crippen LogP contribution >= 0.6 is 11.6 Å². The van der Waals surface area contributed by atoms with Gasteiger partial charge in [-0.3, -0.25) is 44.7 Å². The number of carbonyl (C=O) groups is 2. The molecule has 6 aromatic carbocycles. The number of hydrogen-bond acceptors (Lipinski definition) is 12. The quantitative estimate of drug-likeness (QED) is 0.0474. The molecule has 0 fully saturated rings. The van der Waals surface area contributed by atoms with E-state index in [0.29, 0.717) is 52.9 Å². The average Bonchev–Trinajstić information content (AvgIpc) is 3.34. The van der Waals surface area contributed by atoms with Crippen LogP contribution in [0.3, 0.4) is 0 Å². The van der Waals surface area contributed by atoms with Gasteiger partial charge in [-0.1, -0.05) is 28.3 Å². The first-order valence-corrected chi connectivity index (χ1v) is 20.1. The topological polar surface area (TPSA) is 273 Å². The number of nitrogens with one attached hydrogen (secondary N) is 2. The third kappa shape index (κ3) is 15.0. The van der Waals surface area contributed by atoms with Crippen molar-refractivity contribution >= 4 is 68.0 Å². The van der Waals surface area contributed by atoms with Crippen LogP contribution in [0.4, 0.5) is 22.7 Å². The van der Waals surface area contributed by atoms with Crippen LogP contribution in [0.1, 0.15) is 37.4 Å². The van der Waals surface area contributed by atoms with Crippen LogP contribution in [0, 0.1) is 69.3 Å². The van der Waals surface area contributed by atoms with E-state index in [4.69, 9.17) is 17.3 Å². The third-order valence-electron chi connectivity index (χ3n) is 9.66. The second-order valence-corrected chi connectivity index (χ2v) is 14.4. The fraction of sp³-hybridized carbons (Fsp3) is 0.0625. The number of nitro benzene ring substituents is 3. The molecule has 0 saturated heterocycles. The van der Waals surface area contributed by atoms with Gasteiger partial charge in [0.1, 0.15) is 16.8 Å². The molecule has 70 heavy (non-hydrogen) atoms. The summed E-state index contributed by atoms with van der Waals surface area (Å²) in [5, 5.41) is 35.7. The minimum absolute atomic E-state index is 0. The Labute approximate surface area is 480 Å². The van der Waals surface area contributed by atoms with Crippen LogP contribution in [0.15, 0.2) is 114 Å². The Bertz CT molecular complexity index is 3310. The fourth-order valence-electron chi connectivity index (χ4n) is 6.26. The number of non-ortho nitro benzene ring substituents is 3. The zero-order valence-electron chi connectivity index (χ0n) is 36.7. The molecular formula is C48H34ClN9O9Y3-6. The molecule has 8 aromatic rings. The van der Waals surface area contributed by atoms with Crippen LogP contribution in [-0.4, -0.2) is 46.5 Å². The van der Waals surface area contributed by atoms with E-state index in [1.807, 2.05) is 18.2 Å². The van der Waals surface area contributed by atoms with E-state index in [1.165, 1.54) is 42.5 Å². The summed E-state index contributed by atoms with van der Waals surface area (Å²) in [4.78, 5) is 82.3. The average molecular weight is 1180 g/mol. The minimum atomic E-state index is -0.871. The number of carbonyl (C=O) groups excluding carboxylic acids is 2. The molecule has 0 aliphatic rings. The predicted molar refractivity (Wildman–Crippen MR) is 251 cm³/mol. The SMILES string of the molecule is [CH2-]Cc1[c-]ccc(-c2nc(Cl)c3cc([N+](=O)[O-])ccc3n2)c1.[CH2-]Cc1[c-]ccc(-c2nc3ccc([N+](=O)[O-])cc3c(=O)[nH]2)c1.[CH2-]Cc1[c-]ccc(C(=O)Nc2ccc([N+](=O)[O-])cc2C(N)=O)c1.[Y].[Y].[Y]. The summed E-state index contributed by atoms with van der Waals surface area (Å²) in [6.45, 7) is 11.3. The van der Waals surface area contributed by atoms with Gasteiger partial charge in [0.15, 0.2) is 0 Å². The number of H-pyrrole nitrogens is 1. The van der Waals surface area contributed by atoms with Gasteiger partial charge < -0.3 is 36.8 Å². The van der Waals surface area contributed by atoms with Gasteiger partial charge in [-0.05, 0) is 18.2 Å². The van der Waals surface area contributed by atoms with Gasteiger partial charge in [-0.25, -0.2) is 15.0 Å². The Hall–Kier alpha value is -5.46. The molecule has 0 spiro atoms. The maximum atomic E-state index is 12.2. The smallest absolute Gasteiger partial charge is 0.270 e. The molecule has 0 saturated carbocycles. The van der Waals surface area contributed by atoms with Gasteiger partial charge in [0.25, 0.3) is 28.5 Å². The molecule has 18 nitrogen and oxygen atoms in total. The maximum absolute atomic E-state index is 12.2. The Morgan fingerprint density at radius 3 is 1.69 bits per heavy atom. The molecule has 3 radical (unpaired) electrons. The molecule has 2 heterocycles. The summed E-state index contributed by atoms with van der Waals surface area (Å²) >= 11 is 6.17. The van der Waals surface area contributed by atoms with Gasteiger partial charge in [0.05, 0.1) is 42.4 Å². The Morgan fingerprint density at radius 2 is 1.13 bits per heavy atom. The largest absolute Gasteiger partial charge is 0.366 e. The molecule has 2 amide bonds. The van der Waals surface area contributed by atoms with Gasteiger partial charge in [-0.15, -0.1) is 0 Å². The number of amides is 2. The number of nitrogens with two attached hydrogens (primary N) is 1. The van der Waals surface area contributed by atoms with Crippen LogP contribution < -0.4 is 16.6 Å². The van der Waals surface area contributed by atoms with E-state index in [2.05, 4.69) is 64.2 Å². The van der Waals surface area contributed by atoms with Crippen molar-refractivity contribution in [3.63, 3.8) is 0 Å². The second-order valence-electron chi connectivity index (χ2n) is 14.0. The zero-order chi connectivity index (χ0) is 48.4. The number of nitro groups is 3. The first-order valence-electron chi connectivity index (χ1n) is 19.7. The first-order chi connectivity index (χ1) is 32.1. The van der Waals surface area contributed by atoms with Crippen molar-refractivity contribution in [3.8, 4) is 22.8 Å². The summed E-state index contributed by atoms with van der Waals surface area (Å²) in [5.74, 6) is -0.459. The van der Waals surface area contributed by atoms with Crippen molar-refractivity contribution in [2.24, 2.45) is 5.73 Å². The molecule has 4 N–H and O–H groups in total. The molecule has 0 aliphatic heterocycles. The third-order valence-corrected chi connectivity index (χ3v) is 9.95. The summed E-state index contributed by atoms with van der Waals surface area (Å²) in [6, 6.07) is 36.6. The van der Waals surface area contributed by atoms with Crippen molar-refractivity contribution in [2.45, 2.75) is 19.3 Å². The van der Waals surface area contributed by atoms with Crippen LogP contribution in [0.5, 0.6) is 0 Å². The summed E-state index contributed by atoms with van der Waals surface area (Å²) in [5.41, 5.74) is 9.81. The van der Waals surface area contributed by atoms with Gasteiger partial charge in [0.2, 0.25) is 5.91 Å². The molecule has 2 aromatic heterocycles. The number of hydrogen-bond donors (Lipinski definition) is 3. The first kappa shape index (κ1) is 58.9. The van der Waals surface area contributed by atoms with Crippen molar-refractivity contribution in [2.75, 3.05) is 5.32 Å². The fourth-order valence-corrected chi connectivity index (χ4v) is 6.49. The van der Waals surface area contributed by atoms with Gasteiger partial charge >= 0.3 is 0 Å². The van der Waals surface area contributed by atoms with Crippen molar-refractivity contribution in [1.82, 2.24) is 19.9 Å². The van der Waals surface area contributed by atoms with E-state index >= 15 is 0 Å². The molecule has 0 bridgehead atoms. The predicted octanol–water partition coefficient (Wildman–Crippen LogP) is 8.83. The van der Waals surface area contributed by atoms with Gasteiger partial charge in [-0.2, -0.15) is 109 Å². The number of primary amides is 1. The van der Waals surface area contributed by atoms with Crippen molar-refractivity contribution in [1.29, 1.82) is 0 Å². The van der Waals surface area contributed by atoms with E-state index < -0.39 is 32.1 Å². The van der Waals surface area contributed by atoms with Crippen LogP contribution in [0.25, 0.3) is 44.6 Å². The van der Waals surface area contributed by atoms with Crippen LogP contribution in [0.2, 0.25) is 5.15 Å². The number of aromatic nitrogens is 4.